The van der Waals surface area contributed by atoms with Crippen LogP contribution in [0.25, 0.3) is 65.5 Å². The van der Waals surface area contributed by atoms with Gasteiger partial charge in [0.2, 0.25) is 0 Å². The maximum atomic E-state index is 4.98. The van der Waals surface area contributed by atoms with Crippen molar-refractivity contribution in [3.05, 3.63) is 212 Å². The monoisotopic (exact) mass is 753 g/mol. The molecule has 10 rings (SSSR count). The molecule has 8 aromatic carbocycles. The summed E-state index contributed by atoms with van der Waals surface area (Å²) in [5, 5.41) is 2.49. The number of hydrogen-bond acceptors (Lipinski definition) is 4. The summed E-state index contributed by atoms with van der Waals surface area (Å²) >= 11 is 1.81. The molecule has 0 bridgehead atoms. The lowest BCUT2D eigenvalue weighted by molar-refractivity contribution is 1.07. The second-order valence-electron chi connectivity index (χ2n) is 13.6. The topological polar surface area (TPSA) is 38.7 Å². The van der Waals surface area contributed by atoms with Gasteiger partial charge < -0.3 is 0 Å². The Balaban J connectivity index is 1.04. The summed E-state index contributed by atoms with van der Waals surface area (Å²) in [6, 6.07) is 76.0. The van der Waals surface area contributed by atoms with E-state index < -0.39 is 10.0 Å². The molecule has 0 fully saturated rings. The van der Waals surface area contributed by atoms with E-state index in [0.717, 1.165) is 16.7 Å². The molecule has 0 atom stereocenters. The summed E-state index contributed by atoms with van der Waals surface area (Å²) in [4.78, 5) is 20.1. The summed E-state index contributed by atoms with van der Waals surface area (Å²) in [5.74, 6) is 1.99. The molecular weight excluding hydrogens is 719 g/mol. The van der Waals surface area contributed by atoms with Crippen molar-refractivity contribution in [2.24, 2.45) is 0 Å². The zero-order valence-electron chi connectivity index (χ0n) is 30.4. The van der Waals surface area contributed by atoms with Gasteiger partial charge in [0.05, 0.1) is 0 Å². The Labute approximate surface area is 332 Å². The average molecular weight is 754 g/mol. The molecule has 2 aromatic heterocycles. The van der Waals surface area contributed by atoms with Crippen molar-refractivity contribution in [2.45, 2.75) is 19.6 Å². The van der Waals surface area contributed by atoms with E-state index >= 15 is 0 Å². The number of rotatable bonds is 8. The van der Waals surface area contributed by atoms with Crippen LogP contribution < -0.4 is 0 Å². The number of benzene rings is 8. The van der Waals surface area contributed by atoms with Crippen LogP contribution in [0.2, 0.25) is 0 Å². The number of fused-ring (bicyclic) bond motifs is 3. The fourth-order valence-electron chi connectivity index (χ4n) is 7.58. The van der Waals surface area contributed by atoms with Crippen LogP contribution in [0.3, 0.4) is 0 Å². The van der Waals surface area contributed by atoms with Gasteiger partial charge in [0.1, 0.15) is 0 Å². The van der Waals surface area contributed by atoms with Crippen LogP contribution in [0.15, 0.2) is 232 Å². The highest BCUT2D eigenvalue weighted by Gasteiger charge is 2.33. The van der Waals surface area contributed by atoms with Gasteiger partial charge in [-0.25, -0.2) is 15.0 Å². The van der Waals surface area contributed by atoms with E-state index in [1.54, 1.807) is 0 Å². The standard InChI is InChI=1S/C51H35N3S2/c1-6-16-37(17-7-1)49-52-50(38-18-8-2-9-19-38)54-51(53-49)40-29-33-46-45-32-28-39(34-47(45)55-48(46)35-40)36-26-30-44(31-27-36)56(41-20-10-3-11-21-41,42-22-12-4-13-23-42)43-24-14-5-15-25-43/h1-35H. The van der Waals surface area contributed by atoms with Crippen molar-refractivity contribution in [1.29, 1.82) is 0 Å². The molecule has 0 radical (unpaired) electrons. The number of nitrogens with zero attached hydrogens (tertiary/aromatic N) is 3. The van der Waals surface area contributed by atoms with Gasteiger partial charge in [-0.2, -0.15) is 0 Å². The smallest absolute Gasteiger partial charge is 0.164 e. The molecule has 0 amide bonds. The molecule has 10 aromatic rings. The maximum Gasteiger partial charge on any atom is 0.164 e. The first-order valence-corrected chi connectivity index (χ1v) is 21.1. The molecule has 0 aliphatic heterocycles. The van der Waals surface area contributed by atoms with E-state index in [4.69, 9.17) is 15.0 Å². The average Bonchev–Trinajstić information content (AvgIpc) is 3.66. The zero-order valence-corrected chi connectivity index (χ0v) is 32.0. The Kier molecular flexibility index (Phi) is 8.79. The summed E-state index contributed by atoms with van der Waals surface area (Å²) in [6.07, 6.45) is 0. The van der Waals surface area contributed by atoms with Gasteiger partial charge in [-0.3, -0.25) is 0 Å². The van der Waals surface area contributed by atoms with Crippen molar-refractivity contribution in [3.63, 3.8) is 0 Å². The van der Waals surface area contributed by atoms with Crippen molar-refractivity contribution >= 4 is 41.5 Å². The summed E-state index contributed by atoms with van der Waals surface area (Å²) < 4.78 is 2.46. The highest BCUT2D eigenvalue weighted by molar-refractivity contribution is 8.34. The lowest BCUT2D eigenvalue weighted by atomic mass is 10.0. The highest BCUT2D eigenvalue weighted by Crippen LogP contribution is 2.73. The van der Waals surface area contributed by atoms with Crippen LogP contribution in [0.4, 0.5) is 0 Å². The lowest BCUT2D eigenvalue weighted by Crippen LogP contribution is -2.05. The van der Waals surface area contributed by atoms with Crippen molar-refractivity contribution < 1.29 is 0 Å². The Morgan fingerprint density at radius 3 is 1.07 bits per heavy atom. The molecule has 0 saturated heterocycles. The normalized spacial score (nSPS) is 11.9. The van der Waals surface area contributed by atoms with Gasteiger partial charge in [-0.15, -0.1) is 21.4 Å². The van der Waals surface area contributed by atoms with E-state index in [0.29, 0.717) is 17.5 Å². The minimum Gasteiger partial charge on any atom is -0.208 e. The van der Waals surface area contributed by atoms with Crippen LogP contribution in [-0.4, -0.2) is 15.0 Å². The Bertz CT molecular complexity index is 2780. The molecule has 0 spiro atoms. The number of hydrogen-bond donors (Lipinski definition) is 0. The molecule has 266 valence electrons. The second-order valence-corrected chi connectivity index (χ2v) is 17.8. The van der Waals surface area contributed by atoms with Crippen LogP contribution in [0, 0.1) is 0 Å². The maximum absolute atomic E-state index is 4.98. The first-order chi connectivity index (χ1) is 27.7. The number of thiophene rings is 1. The largest absolute Gasteiger partial charge is 0.208 e. The number of aromatic nitrogens is 3. The highest BCUT2D eigenvalue weighted by atomic mass is 32.3. The van der Waals surface area contributed by atoms with Gasteiger partial charge in [0.25, 0.3) is 0 Å². The Morgan fingerprint density at radius 1 is 0.286 bits per heavy atom. The van der Waals surface area contributed by atoms with E-state index in [2.05, 4.69) is 152 Å². The lowest BCUT2D eigenvalue weighted by Gasteiger charge is -2.42. The molecule has 5 heteroatoms. The zero-order chi connectivity index (χ0) is 37.3. The van der Waals surface area contributed by atoms with Gasteiger partial charge >= 0.3 is 0 Å². The van der Waals surface area contributed by atoms with Crippen molar-refractivity contribution in [3.8, 4) is 45.3 Å². The summed E-state index contributed by atoms with van der Waals surface area (Å²) in [6.45, 7) is 0. The molecule has 0 unspecified atom stereocenters. The Hall–Kier alpha value is -6.66. The SMILES string of the molecule is c1ccc(-c2nc(-c3ccccc3)nc(-c3ccc4c(c3)sc3cc(-c5ccc(S(c6ccccc6)(c6ccccc6)c6ccccc6)cc5)ccc34)n2)cc1. The first kappa shape index (κ1) is 33.9. The van der Waals surface area contributed by atoms with Crippen LogP contribution in [-0.2, 0) is 0 Å². The second kappa shape index (κ2) is 14.5. The minimum atomic E-state index is -1.74. The van der Waals surface area contributed by atoms with E-state index in [9.17, 15) is 0 Å². The van der Waals surface area contributed by atoms with Crippen molar-refractivity contribution in [1.82, 2.24) is 15.0 Å². The molecule has 3 nitrogen and oxygen atoms in total. The predicted octanol–water partition coefficient (Wildman–Crippen LogP) is 14.2. The van der Waals surface area contributed by atoms with E-state index in [-0.39, 0.29) is 0 Å². The van der Waals surface area contributed by atoms with Gasteiger partial charge in [-0.05, 0) is 71.8 Å². The first-order valence-electron chi connectivity index (χ1n) is 18.7. The molecular formula is C51H35N3S2. The quantitative estimate of drug-likeness (QED) is 0.155. The molecule has 0 aliphatic rings. The molecule has 0 aliphatic carbocycles. The van der Waals surface area contributed by atoms with Gasteiger partial charge in [0.15, 0.2) is 17.5 Å². The third-order valence-electron chi connectivity index (χ3n) is 10.3. The molecule has 0 N–H and O–H groups in total. The molecule has 0 saturated carbocycles. The Morgan fingerprint density at radius 2 is 0.625 bits per heavy atom. The van der Waals surface area contributed by atoms with Crippen LogP contribution in [0.1, 0.15) is 0 Å². The van der Waals surface area contributed by atoms with Crippen LogP contribution >= 0.6 is 21.4 Å². The van der Waals surface area contributed by atoms with Gasteiger partial charge in [0, 0.05) is 56.4 Å². The third kappa shape index (κ3) is 6.08. The summed E-state index contributed by atoms with van der Waals surface area (Å²) in [5.41, 5.74) is 5.29. The van der Waals surface area contributed by atoms with Crippen molar-refractivity contribution in [2.75, 3.05) is 0 Å². The summed E-state index contributed by atoms with van der Waals surface area (Å²) in [7, 11) is -1.74. The third-order valence-corrected chi connectivity index (χ3v) is 15.3. The molecule has 2 heterocycles. The van der Waals surface area contributed by atoms with Gasteiger partial charge in [-0.1, -0.05) is 152 Å². The van der Waals surface area contributed by atoms with E-state index in [1.165, 1.54) is 50.9 Å². The fourth-order valence-corrected chi connectivity index (χ4v) is 12.6. The predicted molar refractivity (Wildman–Crippen MR) is 234 cm³/mol. The molecule has 56 heavy (non-hydrogen) atoms. The van der Waals surface area contributed by atoms with E-state index in [1.807, 2.05) is 72.0 Å². The minimum absolute atomic E-state index is 0.664. The van der Waals surface area contributed by atoms with Crippen LogP contribution in [0.5, 0.6) is 0 Å². The fraction of sp³-hybridized carbons (Fsp3) is 0.